The zero-order chi connectivity index (χ0) is 30.8. The van der Waals surface area contributed by atoms with Gasteiger partial charge in [0.2, 0.25) is 0 Å². The van der Waals surface area contributed by atoms with Crippen LogP contribution in [0.25, 0.3) is 0 Å². The lowest BCUT2D eigenvalue weighted by molar-refractivity contribution is 0.109. The van der Waals surface area contributed by atoms with Gasteiger partial charge >= 0.3 is 12.1 Å². The summed E-state index contributed by atoms with van der Waals surface area (Å²) in [6, 6.07) is 30.7. The second-order valence-electron chi connectivity index (χ2n) is 11.2. The highest BCUT2D eigenvalue weighted by Gasteiger charge is 2.45. The summed E-state index contributed by atoms with van der Waals surface area (Å²) >= 11 is 1.81. The summed E-state index contributed by atoms with van der Waals surface area (Å²) in [4.78, 5) is 29.7. The molecule has 3 aromatic rings. The van der Waals surface area contributed by atoms with Crippen LogP contribution in [0.5, 0.6) is 0 Å². The quantitative estimate of drug-likeness (QED) is 0.0689. The van der Waals surface area contributed by atoms with Crippen LogP contribution < -0.4 is 5.32 Å². The number of piperidine rings is 1. The fraction of sp³-hybridized carbons (Fsp3) is 0.343. The van der Waals surface area contributed by atoms with Gasteiger partial charge in [-0.25, -0.2) is 9.59 Å². The minimum absolute atomic E-state index is 0.00496. The zero-order valence-electron chi connectivity index (χ0n) is 24.9. The Kier molecular flexibility index (Phi) is 10.6. The van der Waals surface area contributed by atoms with Gasteiger partial charge in [0.05, 0.1) is 4.75 Å². The van der Waals surface area contributed by atoms with Gasteiger partial charge in [0, 0.05) is 37.3 Å². The minimum Gasteiger partial charge on any atom is -0.445 e. The first-order chi connectivity index (χ1) is 21.5. The van der Waals surface area contributed by atoms with Crippen molar-refractivity contribution in [2.45, 2.75) is 48.1 Å². The van der Waals surface area contributed by atoms with Gasteiger partial charge in [-0.15, -0.1) is 11.8 Å². The summed E-state index contributed by atoms with van der Waals surface area (Å²) in [5.74, 6) is 0.137. The Morgan fingerprint density at radius 1 is 0.932 bits per heavy atom. The van der Waals surface area contributed by atoms with E-state index in [1.54, 1.807) is 15.9 Å². The Morgan fingerprint density at radius 3 is 1.98 bits per heavy atom. The number of amidine groups is 1. The number of likely N-dealkylation sites (tertiary alicyclic amines) is 2. The van der Waals surface area contributed by atoms with E-state index in [2.05, 4.69) is 89.8 Å². The maximum absolute atomic E-state index is 13.3. The van der Waals surface area contributed by atoms with Crippen molar-refractivity contribution in [3.8, 4) is 0 Å². The molecule has 2 fully saturated rings. The number of benzene rings is 3. The van der Waals surface area contributed by atoms with E-state index in [0.29, 0.717) is 26.1 Å². The van der Waals surface area contributed by atoms with Crippen LogP contribution in [0.1, 0.15) is 48.8 Å². The summed E-state index contributed by atoms with van der Waals surface area (Å²) in [6.07, 6.45) is 4.89. The van der Waals surface area contributed by atoms with Crippen molar-refractivity contribution in [2.24, 2.45) is 5.16 Å². The zero-order valence-corrected chi connectivity index (χ0v) is 25.7. The van der Waals surface area contributed by atoms with Gasteiger partial charge in [0.1, 0.15) is 6.61 Å². The van der Waals surface area contributed by atoms with Crippen molar-refractivity contribution in [1.29, 1.82) is 0 Å². The van der Waals surface area contributed by atoms with E-state index in [9.17, 15) is 14.8 Å². The van der Waals surface area contributed by atoms with E-state index in [1.165, 1.54) is 0 Å². The molecule has 2 saturated heterocycles. The average molecular weight is 613 g/mol. The highest BCUT2D eigenvalue weighted by molar-refractivity contribution is 8.01. The number of nitrogens with zero attached hydrogens (tertiary/aromatic N) is 3. The van der Waals surface area contributed by atoms with Crippen LogP contribution in [0.3, 0.4) is 0 Å². The first-order valence-electron chi connectivity index (χ1n) is 15.2. The fourth-order valence-corrected chi connectivity index (χ4v) is 8.07. The second-order valence-corrected chi connectivity index (χ2v) is 12.7. The van der Waals surface area contributed by atoms with Gasteiger partial charge in [-0.3, -0.25) is 5.32 Å². The fourth-order valence-electron chi connectivity index (χ4n) is 6.20. The average Bonchev–Trinajstić information content (AvgIpc) is 3.49. The Labute approximate surface area is 263 Å². The summed E-state index contributed by atoms with van der Waals surface area (Å²) in [5.41, 5.74) is 3.41. The predicted molar refractivity (Wildman–Crippen MR) is 175 cm³/mol. The number of hydrogen-bond donors (Lipinski definition) is 2. The molecule has 8 nitrogen and oxygen atoms in total. The number of ether oxygens (including phenoxy) is 1. The summed E-state index contributed by atoms with van der Waals surface area (Å²) in [7, 11) is 0. The molecule has 0 unspecified atom stereocenters. The number of hydrogen-bond acceptors (Lipinski definition) is 6. The first kappa shape index (κ1) is 31.2. The molecule has 9 heteroatoms. The largest absolute Gasteiger partial charge is 0.445 e. The lowest BCUT2D eigenvalue weighted by atomic mass is 9.84. The van der Waals surface area contributed by atoms with Gasteiger partial charge in [-0.05, 0) is 42.4 Å². The minimum atomic E-state index is -0.559. The van der Waals surface area contributed by atoms with E-state index in [-0.39, 0.29) is 36.2 Å². The van der Waals surface area contributed by atoms with Crippen LogP contribution in [-0.2, 0) is 9.48 Å². The molecule has 2 N–H and O–H groups in total. The Hall–Kier alpha value is -4.24. The van der Waals surface area contributed by atoms with Gasteiger partial charge in [-0.1, -0.05) is 109 Å². The van der Waals surface area contributed by atoms with Crippen molar-refractivity contribution in [3.63, 3.8) is 0 Å². The van der Waals surface area contributed by atoms with Crippen LogP contribution in [0.15, 0.2) is 109 Å². The molecule has 3 aromatic carbocycles. The second kappa shape index (κ2) is 15.0. The van der Waals surface area contributed by atoms with E-state index < -0.39 is 10.8 Å². The Balaban J connectivity index is 1.46. The third kappa shape index (κ3) is 7.10. The van der Waals surface area contributed by atoms with Crippen LogP contribution in [0.2, 0.25) is 0 Å². The lowest BCUT2D eigenvalue weighted by Gasteiger charge is -2.37. The summed E-state index contributed by atoms with van der Waals surface area (Å²) in [5, 5.41) is 16.1. The lowest BCUT2D eigenvalue weighted by Crippen LogP contribution is -2.47. The normalized spacial score (nSPS) is 19.0. The van der Waals surface area contributed by atoms with Gasteiger partial charge in [0.15, 0.2) is 5.84 Å². The third-order valence-electron chi connectivity index (χ3n) is 8.26. The molecule has 0 aromatic heterocycles. The molecule has 2 aliphatic rings. The van der Waals surface area contributed by atoms with Crippen LogP contribution >= 0.6 is 11.8 Å². The Morgan fingerprint density at radius 2 is 1.48 bits per heavy atom. The Bertz CT molecular complexity index is 1320. The summed E-state index contributed by atoms with van der Waals surface area (Å²) in [6.45, 7) is 5.55. The molecule has 5 rings (SSSR count). The number of thioether (sulfide) groups is 1. The molecule has 0 bridgehead atoms. The van der Waals surface area contributed by atoms with Crippen LogP contribution in [-0.4, -0.2) is 70.5 Å². The molecule has 0 aliphatic carbocycles. The van der Waals surface area contributed by atoms with Crippen molar-refractivity contribution in [1.82, 2.24) is 15.1 Å². The number of nitrogens with one attached hydrogen (secondary N) is 1. The van der Waals surface area contributed by atoms with Crippen molar-refractivity contribution in [2.75, 3.05) is 26.2 Å². The number of rotatable bonds is 9. The molecule has 44 heavy (non-hydrogen) atoms. The van der Waals surface area contributed by atoms with E-state index in [0.717, 1.165) is 36.0 Å². The molecule has 3 amide bonds. The third-order valence-corrected chi connectivity index (χ3v) is 10.00. The molecule has 230 valence electrons. The standard InChI is InChI=1S/C35H40N4O4S/c1-2-23-43-34(41)39-26-31(24-30(39)25-32(37-42)36-33(40)38-21-13-6-14-22-38)44-35(27-15-7-3-8-16-27,28-17-9-4-10-18-28)29-19-11-5-12-20-29/h2-5,7-12,15-20,30-31,42H,1,6,13-14,21-26H2,(H,36,37,40)/t30-,31-/m0/s1. The maximum atomic E-state index is 13.3. The van der Waals surface area contributed by atoms with Gasteiger partial charge in [0.25, 0.3) is 0 Å². The molecule has 0 saturated carbocycles. The number of carbonyl (C=O) groups is 2. The monoisotopic (exact) mass is 612 g/mol. The smallest absolute Gasteiger partial charge is 0.410 e. The van der Waals surface area contributed by atoms with E-state index in [1.807, 2.05) is 30.0 Å². The molecule has 0 spiro atoms. The summed E-state index contributed by atoms with van der Waals surface area (Å²) < 4.78 is 4.93. The number of urea groups is 1. The molecule has 2 atom stereocenters. The molecule has 0 radical (unpaired) electrons. The predicted octanol–water partition coefficient (Wildman–Crippen LogP) is 6.85. The SMILES string of the molecule is C=CCOC(=O)N1C[C@@H](SC(c2ccccc2)(c2ccccc2)c2ccccc2)C[C@H]1C/C(=N/O)NC(=O)N1CCCCC1. The van der Waals surface area contributed by atoms with E-state index >= 15 is 0 Å². The van der Waals surface area contributed by atoms with Crippen LogP contribution in [0.4, 0.5) is 9.59 Å². The molecular formula is C35H40N4O4S. The topological polar surface area (TPSA) is 94.5 Å². The highest BCUT2D eigenvalue weighted by atomic mass is 32.2. The first-order valence-corrected chi connectivity index (χ1v) is 16.1. The van der Waals surface area contributed by atoms with Crippen LogP contribution in [0, 0.1) is 0 Å². The van der Waals surface area contributed by atoms with Crippen molar-refractivity contribution >= 4 is 29.7 Å². The molecule has 2 aliphatic heterocycles. The number of oxime groups is 1. The van der Waals surface area contributed by atoms with E-state index in [4.69, 9.17) is 4.74 Å². The molecular weight excluding hydrogens is 572 g/mol. The maximum Gasteiger partial charge on any atom is 0.410 e. The van der Waals surface area contributed by atoms with Crippen molar-refractivity contribution < 1.29 is 19.5 Å². The van der Waals surface area contributed by atoms with Crippen molar-refractivity contribution in [3.05, 3.63) is 120 Å². The van der Waals surface area contributed by atoms with Gasteiger partial charge in [-0.2, -0.15) is 0 Å². The number of carbonyl (C=O) groups excluding carboxylic acids is 2. The number of amides is 3. The highest BCUT2D eigenvalue weighted by Crippen LogP contribution is 2.52. The van der Waals surface area contributed by atoms with Gasteiger partial charge < -0.3 is 19.7 Å². The molecule has 2 heterocycles.